The smallest absolute Gasteiger partial charge is 0.135 e. The van der Waals surface area contributed by atoms with Crippen LogP contribution in [0.25, 0.3) is 11.0 Å². The molecule has 2 aromatic heterocycles. The minimum absolute atomic E-state index is 0.0603. The van der Waals surface area contributed by atoms with Crippen LogP contribution in [-0.4, -0.2) is 44.5 Å². The van der Waals surface area contributed by atoms with E-state index in [0.29, 0.717) is 6.61 Å². The molecule has 1 aliphatic carbocycles. The van der Waals surface area contributed by atoms with Gasteiger partial charge in [-0.05, 0) is 62.5 Å². The summed E-state index contributed by atoms with van der Waals surface area (Å²) < 4.78 is 6.00. The third-order valence-corrected chi connectivity index (χ3v) is 6.06. The molecule has 1 aliphatic heterocycles. The van der Waals surface area contributed by atoms with Gasteiger partial charge in [0, 0.05) is 24.9 Å². The largest absolute Gasteiger partial charge is 0.366 e. The number of H-pyrrole nitrogens is 2. The summed E-state index contributed by atoms with van der Waals surface area (Å²) in [7, 11) is 0. The average molecular weight is 404 g/mol. The molecule has 156 valence electrons. The number of allylic oxidation sites excluding steroid dienone is 2. The fraction of sp³-hybridized carbons (Fsp3) is 0.417. The van der Waals surface area contributed by atoms with Crippen molar-refractivity contribution in [3.05, 3.63) is 71.6 Å². The molecule has 1 saturated heterocycles. The molecule has 2 N–H and O–H groups in total. The first-order valence-electron chi connectivity index (χ1n) is 10.9. The van der Waals surface area contributed by atoms with Crippen molar-refractivity contribution in [3.63, 3.8) is 0 Å². The summed E-state index contributed by atoms with van der Waals surface area (Å²) in [6, 6.07) is 6.65. The number of ether oxygens (including phenoxy) is 1. The predicted octanol–water partition coefficient (Wildman–Crippen LogP) is 4.63. The Morgan fingerprint density at radius 2 is 2.17 bits per heavy atom. The second kappa shape index (κ2) is 8.58. The van der Waals surface area contributed by atoms with Crippen LogP contribution in [0.3, 0.4) is 0 Å². The SMILES string of the molecule is CC(OCC1=CC(c2nc3cc(CN4CCCC4)ccc3[nH]2)CC=C1)c1ncc[nH]1. The molecule has 0 bridgehead atoms. The lowest BCUT2D eigenvalue weighted by Gasteiger charge is -2.17. The number of hydrogen-bond acceptors (Lipinski definition) is 4. The zero-order valence-corrected chi connectivity index (χ0v) is 17.5. The van der Waals surface area contributed by atoms with Crippen LogP contribution in [0.2, 0.25) is 0 Å². The first-order chi connectivity index (χ1) is 14.7. The van der Waals surface area contributed by atoms with E-state index in [4.69, 9.17) is 9.72 Å². The van der Waals surface area contributed by atoms with Crippen molar-refractivity contribution in [1.82, 2.24) is 24.8 Å². The number of nitrogens with zero attached hydrogens (tertiary/aromatic N) is 3. The second-order valence-corrected chi connectivity index (χ2v) is 8.37. The normalized spacial score (nSPS) is 20.7. The van der Waals surface area contributed by atoms with Crippen LogP contribution in [0.5, 0.6) is 0 Å². The molecule has 3 heterocycles. The highest BCUT2D eigenvalue weighted by atomic mass is 16.5. The van der Waals surface area contributed by atoms with Crippen LogP contribution in [0.1, 0.15) is 55.4 Å². The summed E-state index contributed by atoms with van der Waals surface area (Å²) >= 11 is 0. The molecular formula is C24H29N5O. The Kier molecular flexibility index (Phi) is 5.51. The van der Waals surface area contributed by atoms with Gasteiger partial charge in [-0.15, -0.1) is 0 Å². The number of aromatic amines is 2. The standard InChI is InChI=1S/C24H29N5O/c1-17(23-25-9-10-26-23)30-16-19-5-4-6-20(13-19)24-27-21-8-7-18(14-22(21)28-24)15-29-11-2-3-12-29/h4-5,7-10,13-14,17,20H,2-3,6,11-12,15-16H2,1H3,(H,25,26)(H,27,28). The van der Waals surface area contributed by atoms with Crippen molar-refractivity contribution in [2.45, 2.75) is 44.8 Å². The van der Waals surface area contributed by atoms with Gasteiger partial charge in [0.2, 0.25) is 0 Å². The zero-order chi connectivity index (χ0) is 20.3. The number of imidazole rings is 2. The van der Waals surface area contributed by atoms with E-state index in [1.54, 1.807) is 6.20 Å². The van der Waals surface area contributed by atoms with Crippen LogP contribution in [0.4, 0.5) is 0 Å². The summed E-state index contributed by atoms with van der Waals surface area (Å²) in [5.74, 6) is 2.14. The number of hydrogen-bond donors (Lipinski definition) is 2. The van der Waals surface area contributed by atoms with Crippen LogP contribution >= 0.6 is 0 Å². The summed E-state index contributed by atoms with van der Waals surface area (Å²) in [6.45, 7) is 6.04. The first-order valence-corrected chi connectivity index (χ1v) is 10.9. The van der Waals surface area contributed by atoms with E-state index in [1.165, 1.54) is 37.1 Å². The highest BCUT2D eigenvalue weighted by molar-refractivity contribution is 5.76. The highest BCUT2D eigenvalue weighted by Gasteiger charge is 2.18. The lowest BCUT2D eigenvalue weighted by Crippen LogP contribution is -2.18. The fourth-order valence-corrected chi connectivity index (χ4v) is 4.38. The van der Waals surface area contributed by atoms with E-state index in [9.17, 15) is 0 Å². The molecule has 0 amide bonds. The van der Waals surface area contributed by atoms with Crippen molar-refractivity contribution >= 4 is 11.0 Å². The summed E-state index contributed by atoms with van der Waals surface area (Å²) in [6.07, 6.45) is 13.8. The Balaban J connectivity index is 1.27. The molecule has 0 spiro atoms. The quantitative estimate of drug-likeness (QED) is 0.603. The highest BCUT2D eigenvalue weighted by Crippen LogP contribution is 2.28. The van der Waals surface area contributed by atoms with Crippen molar-refractivity contribution in [2.75, 3.05) is 19.7 Å². The van der Waals surface area contributed by atoms with Gasteiger partial charge >= 0.3 is 0 Å². The van der Waals surface area contributed by atoms with Crippen LogP contribution in [0, 0.1) is 0 Å². The minimum atomic E-state index is -0.0603. The number of nitrogens with one attached hydrogen (secondary N) is 2. The molecule has 1 fully saturated rings. The van der Waals surface area contributed by atoms with Gasteiger partial charge in [-0.25, -0.2) is 9.97 Å². The molecule has 2 aliphatic rings. The number of benzene rings is 1. The van der Waals surface area contributed by atoms with Gasteiger partial charge in [-0.3, -0.25) is 4.90 Å². The average Bonchev–Trinajstić information content (AvgIpc) is 3.53. The van der Waals surface area contributed by atoms with Crippen molar-refractivity contribution in [2.24, 2.45) is 0 Å². The van der Waals surface area contributed by atoms with E-state index in [-0.39, 0.29) is 12.0 Å². The molecule has 6 heteroatoms. The third kappa shape index (κ3) is 4.25. The van der Waals surface area contributed by atoms with Gasteiger partial charge < -0.3 is 14.7 Å². The summed E-state index contributed by atoms with van der Waals surface area (Å²) in [5, 5.41) is 0. The van der Waals surface area contributed by atoms with E-state index < -0.39 is 0 Å². The second-order valence-electron chi connectivity index (χ2n) is 8.37. The van der Waals surface area contributed by atoms with Crippen molar-refractivity contribution < 1.29 is 4.74 Å². The van der Waals surface area contributed by atoms with E-state index >= 15 is 0 Å². The maximum absolute atomic E-state index is 6.00. The van der Waals surface area contributed by atoms with Gasteiger partial charge in [-0.1, -0.05) is 24.3 Å². The maximum atomic E-state index is 6.00. The van der Waals surface area contributed by atoms with Crippen LogP contribution < -0.4 is 0 Å². The molecule has 0 radical (unpaired) electrons. The predicted molar refractivity (Wildman–Crippen MR) is 118 cm³/mol. The Bertz CT molecular complexity index is 1040. The number of fused-ring (bicyclic) bond motifs is 1. The van der Waals surface area contributed by atoms with Crippen molar-refractivity contribution in [3.8, 4) is 0 Å². The van der Waals surface area contributed by atoms with E-state index in [2.05, 4.69) is 56.3 Å². The Hall–Kier alpha value is -2.70. The van der Waals surface area contributed by atoms with Gasteiger partial charge in [0.25, 0.3) is 0 Å². The van der Waals surface area contributed by atoms with Crippen LogP contribution in [-0.2, 0) is 11.3 Å². The van der Waals surface area contributed by atoms with Crippen molar-refractivity contribution in [1.29, 1.82) is 0 Å². The molecule has 2 unspecified atom stereocenters. The number of aromatic nitrogens is 4. The van der Waals surface area contributed by atoms with Gasteiger partial charge in [0.1, 0.15) is 17.8 Å². The van der Waals surface area contributed by atoms with Gasteiger partial charge in [0.15, 0.2) is 0 Å². The maximum Gasteiger partial charge on any atom is 0.135 e. The molecule has 3 aromatic rings. The third-order valence-electron chi connectivity index (χ3n) is 6.06. The topological polar surface area (TPSA) is 69.8 Å². The summed E-state index contributed by atoms with van der Waals surface area (Å²) in [5.41, 5.74) is 4.71. The fourth-order valence-electron chi connectivity index (χ4n) is 4.38. The monoisotopic (exact) mass is 403 g/mol. The lowest BCUT2D eigenvalue weighted by atomic mass is 9.96. The van der Waals surface area contributed by atoms with E-state index in [0.717, 1.165) is 35.6 Å². The molecule has 6 nitrogen and oxygen atoms in total. The van der Waals surface area contributed by atoms with Crippen LogP contribution in [0.15, 0.2) is 54.4 Å². The molecule has 5 rings (SSSR count). The molecular weight excluding hydrogens is 374 g/mol. The minimum Gasteiger partial charge on any atom is -0.366 e. The Labute approximate surface area is 177 Å². The lowest BCUT2D eigenvalue weighted by molar-refractivity contribution is 0.0788. The number of likely N-dealkylation sites (tertiary alicyclic amines) is 1. The zero-order valence-electron chi connectivity index (χ0n) is 17.5. The Morgan fingerprint density at radius 1 is 1.27 bits per heavy atom. The van der Waals surface area contributed by atoms with E-state index in [1.807, 2.05) is 13.1 Å². The molecule has 0 saturated carbocycles. The molecule has 2 atom stereocenters. The van der Waals surface area contributed by atoms with Gasteiger partial charge in [-0.2, -0.15) is 0 Å². The molecule has 30 heavy (non-hydrogen) atoms. The van der Waals surface area contributed by atoms with Gasteiger partial charge in [0.05, 0.1) is 17.6 Å². The first kappa shape index (κ1) is 19.3. The number of rotatable bonds is 7. The summed E-state index contributed by atoms with van der Waals surface area (Å²) in [4.78, 5) is 18.4. The Morgan fingerprint density at radius 3 is 3.00 bits per heavy atom. The molecule has 1 aromatic carbocycles.